The van der Waals surface area contributed by atoms with Crippen molar-refractivity contribution >= 4 is 21.7 Å². The molecule has 0 aliphatic carbocycles. The van der Waals surface area contributed by atoms with Crippen LogP contribution in [0.2, 0.25) is 0 Å². The van der Waals surface area contributed by atoms with Crippen molar-refractivity contribution < 1.29 is 23.1 Å². The number of sulfonamides is 1. The molecule has 3 N–H and O–H groups in total. The minimum Gasteiger partial charge on any atom is -0.478 e. The standard InChI is InChI=1S/C13H20N2O5S/c1-4-15(9(2)8-20-3)21(18,19)12-7-10(14)5-6-11(12)13(16)17/h5-7,9H,4,8,14H2,1-3H3,(H,16,17). The highest BCUT2D eigenvalue weighted by Crippen LogP contribution is 2.24. The fourth-order valence-electron chi connectivity index (χ4n) is 2.10. The third kappa shape index (κ3) is 3.72. The van der Waals surface area contributed by atoms with E-state index in [2.05, 4.69) is 0 Å². The fourth-order valence-corrected chi connectivity index (χ4v) is 3.94. The van der Waals surface area contributed by atoms with E-state index in [4.69, 9.17) is 15.6 Å². The van der Waals surface area contributed by atoms with Crippen LogP contribution in [0, 0.1) is 0 Å². The maximum atomic E-state index is 12.7. The van der Waals surface area contributed by atoms with Gasteiger partial charge >= 0.3 is 5.97 Å². The number of hydrogen-bond donors (Lipinski definition) is 2. The van der Waals surface area contributed by atoms with Crippen molar-refractivity contribution in [3.63, 3.8) is 0 Å². The predicted molar refractivity (Wildman–Crippen MR) is 78.7 cm³/mol. The number of methoxy groups -OCH3 is 1. The highest BCUT2D eigenvalue weighted by atomic mass is 32.2. The number of hydrogen-bond acceptors (Lipinski definition) is 5. The average molecular weight is 316 g/mol. The molecule has 0 bridgehead atoms. The second kappa shape index (κ2) is 6.88. The minimum atomic E-state index is -3.98. The van der Waals surface area contributed by atoms with E-state index in [9.17, 15) is 13.2 Å². The Morgan fingerprint density at radius 2 is 2.10 bits per heavy atom. The third-order valence-corrected chi connectivity index (χ3v) is 5.16. The molecular formula is C13H20N2O5S. The first-order chi connectivity index (χ1) is 9.75. The summed E-state index contributed by atoms with van der Waals surface area (Å²) >= 11 is 0. The summed E-state index contributed by atoms with van der Waals surface area (Å²) in [6.07, 6.45) is 0. The molecule has 1 atom stereocenters. The molecule has 0 saturated carbocycles. The maximum Gasteiger partial charge on any atom is 0.337 e. The van der Waals surface area contributed by atoms with Crippen molar-refractivity contribution in [2.45, 2.75) is 24.8 Å². The summed E-state index contributed by atoms with van der Waals surface area (Å²) < 4.78 is 31.6. The van der Waals surface area contributed by atoms with Gasteiger partial charge in [0.1, 0.15) is 0 Å². The van der Waals surface area contributed by atoms with Gasteiger partial charge in [0.25, 0.3) is 0 Å². The molecule has 0 aliphatic rings. The number of carbonyl (C=O) groups is 1. The lowest BCUT2D eigenvalue weighted by Gasteiger charge is -2.27. The largest absolute Gasteiger partial charge is 0.478 e. The monoisotopic (exact) mass is 316 g/mol. The van der Waals surface area contributed by atoms with Gasteiger partial charge < -0.3 is 15.6 Å². The highest BCUT2D eigenvalue weighted by molar-refractivity contribution is 7.89. The molecule has 0 saturated heterocycles. The average Bonchev–Trinajstić information content (AvgIpc) is 2.39. The van der Waals surface area contributed by atoms with Gasteiger partial charge in [-0.1, -0.05) is 6.92 Å². The lowest BCUT2D eigenvalue weighted by molar-refractivity contribution is 0.0692. The Morgan fingerprint density at radius 1 is 1.48 bits per heavy atom. The Bertz CT molecular complexity index is 615. The zero-order valence-electron chi connectivity index (χ0n) is 12.2. The van der Waals surface area contributed by atoms with Crippen LogP contribution in [0.4, 0.5) is 5.69 Å². The Morgan fingerprint density at radius 3 is 2.57 bits per heavy atom. The maximum absolute atomic E-state index is 12.7. The quantitative estimate of drug-likeness (QED) is 0.727. The Kier molecular flexibility index (Phi) is 5.70. The van der Waals surface area contributed by atoms with Crippen molar-refractivity contribution in [2.75, 3.05) is 26.0 Å². The van der Waals surface area contributed by atoms with Crippen molar-refractivity contribution in [3.05, 3.63) is 23.8 Å². The minimum absolute atomic E-state index is 0.189. The van der Waals surface area contributed by atoms with Crippen LogP contribution in [0.3, 0.4) is 0 Å². The Hall–Kier alpha value is -1.64. The van der Waals surface area contributed by atoms with E-state index in [0.29, 0.717) is 0 Å². The normalized spacial score (nSPS) is 13.3. The number of nitrogen functional groups attached to an aromatic ring is 1. The van der Waals surface area contributed by atoms with E-state index in [1.807, 2.05) is 0 Å². The lowest BCUT2D eigenvalue weighted by atomic mass is 10.2. The van der Waals surface area contributed by atoms with E-state index < -0.39 is 22.0 Å². The number of likely N-dealkylation sites (N-methyl/N-ethyl adjacent to an activating group) is 1. The number of rotatable bonds is 7. The second-order valence-corrected chi connectivity index (χ2v) is 6.43. The first-order valence-electron chi connectivity index (χ1n) is 6.39. The number of anilines is 1. The topological polar surface area (TPSA) is 110 Å². The summed E-state index contributed by atoms with van der Waals surface area (Å²) in [7, 11) is -2.51. The van der Waals surface area contributed by atoms with Gasteiger partial charge in [-0.3, -0.25) is 0 Å². The van der Waals surface area contributed by atoms with Gasteiger partial charge in [-0.15, -0.1) is 0 Å². The molecular weight excluding hydrogens is 296 g/mol. The number of ether oxygens (including phenoxy) is 1. The third-order valence-electron chi connectivity index (χ3n) is 3.03. The Labute approximate surface area is 124 Å². The van der Waals surface area contributed by atoms with Crippen LogP contribution >= 0.6 is 0 Å². The molecule has 1 aromatic rings. The molecule has 0 spiro atoms. The molecule has 7 nitrogen and oxygen atoms in total. The number of benzene rings is 1. The first kappa shape index (κ1) is 17.4. The van der Waals surface area contributed by atoms with Crippen molar-refractivity contribution in [3.8, 4) is 0 Å². The number of aromatic carboxylic acids is 1. The van der Waals surface area contributed by atoms with Gasteiger partial charge in [0.15, 0.2) is 0 Å². The molecule has 8 heteroatoms. The van der Waals surface area contributed by atoms with Crippen LogP contribution in [0.25, 0.3) is 0 Å². The van der Waals surface area contributed by atoms with Crippen LogP contribution in [-0.2, 0) is 14.8 Å². The van der Waals surface area contributed by atoms with Crippen LogP contribution in [0.5, 0.6) is 0 Å². The van der Waals surface area contributed by atoms with Crippen molar-refractivity contribution in [1.29, 1.82) is 0 Å². The predicted octanol–water partition coefficient (Wildman–Crippen LogP) is 1.01. The SMILES string of the molecule is CCN(C(C)COC)S(=O)(=O)c1cc(N)ccc1C(=O)O. The molecule has 0 aliphatic heterocycles. The van der Waals surface area contributed by atoms with E-state index in [0.717, 1.165) is 0 Å². The number of nitrogens with two attached hydrogens (primary N) is 1. The summed E-state index contributed by atoms with van der Waals surface area (Å²) in [4.78, 5) is 10.9. The van der Waals surface area contributed by atoms with Gasteiger partial charge in [0.2, 0.25) is 10.0 Å². The summed E-state index contributed by atoms with van der Waals surface area (Å²) in [5, 5.41) is 9.17. The van der Waals surface area contributed by atoms with Crippen LogP contribution < -0.4 is 5.73 Å². The molecule has 0 amide bonds. The van der Waals surface area contributed by atoms with Gasteiger partial charge in [-0.05, 0) is 25.1 Å². The molecule has 1 aromatic carbocycles. The summed E-state index contributed by atoms with van der Waals surface area (Å²) in [5.74, 6) is -1.32. The zero-order valence-corrected chi connectivity index (χ0v) is 13.1. The van der Waals surface area contributed by atoms with E-state index >= 15 is 0 Å². The molecule has 0 radical (unpaired) electrons. The molecule has 0 fully saturated rings. The molecule has 0 heterocycles. The number of carboxylic acid groups (broad SMARTS) is 1. The van der Waals surface area contributed by atoms with Crippen LogP contribution in [0.1, 0.15) is 24.2 Å². The smallest absolute Gasteiger partial charge is 0.337 e. The summed E-state index contributed by atoms with van der Waals surface area (Å²) in [5.41, 5.74) is 5.49. The summed E-state index contributed by atoms with van der Waals surface area (Å²) in [6, 6.07) is 3.30. The van der Waals surface area contributed by atoms with Crippen LogP contribution in [-0.4, -0.2) is 50.1 Å². The number of nitrogens with zero attached hydrogens (tertiary/aromatic N) is 1. The lowest BCUT2D eigenvalue weighted by Crippen LogP contribution is -2.41. The van der Waals surface area contributed by atoms with Crippen LogP contribution in [0.15, 0.2) is 23.1 Å². The van der Waals surface area contributed by atoms with Crippen molar-refractivity contribution in [2.24, 2.45) is 0 Å². The molecule has 21 heavy (non-hydrogen) atoms. The first-order valence-corrected chi connectivity index (χ1v) is 7.83. The van der Waals surface area contributed by atoms with Gasteiger partial charge in [0.05, 0.1) is 17.1 Å². The molecule has 1 rings (SSSR count). The van der Waals surface area contributed by atoms with E-state index in [1.165, 1.54) is 29.6 Å². The summed E-state index contributed by atoms with van der Waals surface area (Å²) in [6.45, 7) is 3.77. The van der Waals surface area contributed by atoms with E-state index in [-0.39, 0.29) is 29.3 Å². The molecule has 1 unspecified atom stereocenters. The van der Waals surface area contributed by atoms with Crippen molar-refractivity contribution in [1.82, 2.24) is 4.31 Å². The molecule has 118 valence electrons. The van der Waals surface area contributed by atoms with Gasteiger partial charge in [-0.2, -0.15) is 4.31 Å². The molecule has 0 aromatic heterocycles. The second-order valence-electron chi connectivity index (χ2n) is 4.57. The van der Waals surface area contributed by atoms with Gasteiger partial charge in [0, 0.05) is 25.4 Å². The van der Waals surface area contributed by atoms with E-state index in [1.54, 1.807) is 13.8 Å². The number of carboxylic acids is 1. The fraction of sp³-hybridized carbons (Fsp3) is 0.462. The highest BCUT2D eigenvalue weighted by Gasteiger charge is 2.31. The van der Waals surface area contributed by atoms with Gasteiger partial charge in [-0.25, -0.2) is 13.2 Å². The Balaban J connectivity index is 3.41. The zero-order chi connectivity index (χ0) is 16.2.